The molecule has 0 aromatic heterocycles. The number of aliphatic hydroxyl groups excluding tert-OH is 2. The lowest BCUT2D eigenvalue weighted by Crippen LogP contribution is -2.59. The van der Waals surface area contributed by atoms with Gasteiger partial charge in [-0.2, -0.15) is 0 Å². The van der Waals surface area contributed by atoms with E-state index >= 15 is 0 Å². The zero-order valence-corrected chi connectivity index (χ0v) is 10.3. The van der Waals surface area contributed by atoms with E-state index in [1.807, 2.05) is 0 Å². The van der Waals surface area contributed by atoms with Crippen molar-refractivity contribution in [2.24, 2.45) is 0 Å². The average Bonchev–Trinajstić information content (AvgIpc) is 2.34. The van der Waals surface area contributed by atoms with Crippen molar-refractivity contribution in [3.63, 3.8) is 0 Å². The van der Waals surface area contributed by atoms with Gasteiger partial charge in [0.15, 0.2) is 12.4 Å². The zero-order chi connectivity index (χ0) is 12.8. The van der Waals surface area contributed by atoms with Gasteiger partial charge in [-0.3, -0.25) is 0 Å². The number of rotatable bonds is 5. The van der Waals surface area contributed by atoms with Gasteiger partial charge >= 0.3 is 0 Å². The number of ether oxygens (including phenoxy) is 4. The molecule has 1 saturated heterocycles. The summed E-state index contributed by atoms with van der Waals surface area (Å²) in [6, 6.07) is 0. The summed E-state index contributed by atoms with van der Waals surface area (Å²) in [6.07, 6.45) is -1.21. The van der Waals surface area contributed by atoms with Crippen LogP contribution in [0.3, 0.4) is 0 Å². The number of aliphatic hydroxyl groups is 2. The number of hydrogen-bond acceptors (Lipinski definition) is 6. The molecule has 1 fully saturated rings. The molecule has 0 aromatic carbocycles. The molecular formula is C11H20O6. The minimum absolute atomic E-state index is 0.175. The van der Waals surface area contributed by atoms with Gasteiger partial charge in [0.25, 0.3) is 0 Å². The summed E-state index contributed by atoms with van der Waals surface area (Å²) in [5.41, 5.74) is 0. The van der Waals surface area contributed by atoms with Gasteiger partial charge in [-0.05, 0) is 6.92 Å². The average molecular weight is 248 g/mol. The molecule has 0 aromatic rings. The van der Waals surface area contributed by atoms with Gasteiger partial charge in [0.05, 0.1) is 12.9 Å². The largest absolute Gasteiger partial charge is 0.490 e. The van der Waals surface area contributed by atoms with Crippen molar-refractivity contribution in [2.75, 3.05) is 20.8 Å². The predicted molar refractivity (Wildman–Crippen MR) is 59.2 cm³/mol. The Hall–Kier alpha value is -0.660. The van der Waals surface area contributed by atoms with Crippen LogP contribution in [0.5, 0.6) is 0 Å². The van der Waals surface area contributed by atoms with E-state index in [1.165, 1.54) is 20.5 Å². The Morgan fingerprint density at radius 2 is 1.94 bits per heavy atom. The summed E-state index contributed by atoms with van der Waals surface area (Å²) >= 11 is 0. The molecule has 0 bridgehead atoms. The minimum atomic E-state index is -1.09. The maximum absolute atomic E-state index is 9.94. The smallest absolute Gasteiger partial charge is 0.197 e. The zero-order valence-electron chi connectivity index (χ0n) is 10.3. The Bertz CT molecular complexity index is 242. The van der Waals surface area contributed by atoms with Crippen molar-refractivity contribution in [1.29, 1.82) is 0 Å². The van der Waals surface area contributed by atoms with Crippen LogP contribution in [0.2, 0.25) is 0 Å². The molecular weight excluding hydrogens is 228 g/mol. The van der Waals surface area contributed by atoms with Gasteiger partial charge in [0.1, 0.15) is 18.3 Å². The molecule has 6 heteroatoms. The molecule has 6 nitrogen and oxygen atoms in total. The Balaban J connectivity index is 2.71. The van der Waals surface area contributed by atoms with Crippen LogP contribution in [0.25, 0.3) is 0 Å². The predicted octanol–water partition coefficient (Wildman–Crippen LogP) is -0.355. The van der Waals surface area contributed by atoms with Crippen molar-refractivity contribution in [3.8, 4) is 0 Å². The number of hydrogen-bond donors (Lipinski definition) is 2. The third-order valence-corrected chi connectivity index (χ3v) is 2.58. The fourth-order valence-electron chi connectivity index (χ4n) is 1.71. The Labute approximate surface area is 101 Å². The van der Waals surface area contributed by atoms with E-state index in [-0.39, 0.29) is 6.61 Å². The first-order chi connectivity index (χ1) is 8.15. The lowest BCUT2D eigenvalue weighted by Gasteiger charge is -2.41. The maximum Gasteiger partial charge on any atom is 0.197 e. The second-order valence-corrected chi connectivity index (χ2v) is 3.79. The lowest BCUT2D eigenvalue weighted by atomic mass is 9.99. The van der Waals surface area contributed by atoms with Gasteiger partial charge in [0.2, 0.25) is 0 Å². The molecule has 2 N–H and O–H groups in total. The maximum atomic E-state index is 9.94. The second-order valence-electron chi connectivity index (χ2n) is 3.79. The molecule has 0 radical (unpaired) electrons. The highest BCUT2D eigenvalue weighted by molar-refractivity contribution is 4.91. The molecule has 0 aliphatic carbocycles. The van der Waals surface area contributed by atoms with Gasteiger partial charge in [-0.25, -0.2) is 0 Å². The SMILES string of the molecule is CC=COC1C(OC)OC(COC)C(O)C1O. The first kappa shape index (κ1) is 14.4. The Morgan fingerprint density at radius 3 is 2.47 bits per heavy atom. The van der Waals surface area contributed by atoms with E-state index in [4.69, 9.17) is 18.9 Å². The Morgan fingerprint density at radius 1 is 1.24 bits per heavy atom. The quantitative estimate of drug-likeness (QED) is 0.647. The monoisotopic (exact) mass is 248 g/mol. The standard InChI is InChI=1S/C11H20O6/c1-4-5-16-10-9(13)8(12)7(6-14-2)17-11(10)15-3/h4-5,7-13H,6H2,1-3H3. The molecule has 17 heavy (non-hydrogen) atoms. The fourth-order valence-corrected chi connectivity index (χ4v) is 1.71. The van der Waals surface area contributed by atoms with Gasteiger partial charge in [-0.1, -0.05) is 6.08 Å². The van der Waals surface area contributed by atoms with Crippen molar-refractivity contribution in [2.45, 2.75) is 37.6 Å². The summed E-state index contributed by atoms with van der Waals surface area (Å²) in [7, 11) is 2.94. The number of allylic oxidation sites excluding steroid dienone is 1. The molecule has 0 saturated carbocycles. The van der Waals surface area contributed by atoms with Crippen molar-refractivity contribution < 1.29 is 29.2 Å². The fraction of sp³-hybridized carbons (Fsp3) is 0.818. The van der Waals surface area contributed by atoms with Gasteiger partial charge < -0.3 is 29.2 Å². The summed E-state index contributed by atoms with van der Waals surface area (Å²) in [6.45, 7) is 1.95. The van der Waals surface area contributed by atoms with E-state index in [0.717, 1.165) is 0 Å². The number of methoxy groups -OCH3 is 2. The molecule has 1 heterocycles. The van der Waals surface area contributed by atoms with Crippen molar-refractivity contribution in [3.05, 3.63) is 12.3 Å². The van der Waals surface area contributed by atoms with Gasteiger partial charge in [0, 0.05) is 14.2 Å². The van der Waals surface area contributed by atoms with Crippen LogP contribution < -0.4 is 0 Å². The van der Waals surface area contributed by atoms with E-state index in [2.05, 4.69) is 0 Å². The molecule has 1 rings (SSSR count). The van der Waals surface area contributed by atoms with Crippen LogP contribution in [0.15, 0.2) is 12.3 Å². The third-order valence-electron chi connectivity index (χ3n) is 2.58. The van der Waals surface area contributed by atoms with Crippen LogP contribution in [0.4, 0.5) is 0 Å². The molecule has 100 valence electrons. The minimum Gasteiger partial charge on any atom is -0.490 e. The van der Waals surface area contributed by atoms with E-state index < -0.39 is 30.7 Å². The topological polar surface area (TPSA) is 77.4 Å². The van der Waals surface area contributed by atoms with Crippen LogP contribution >= 0.6 is 0 Å². The lowest BCUT2D eigenvalue weighted by molar-refractivity contribution is -0.296. The second kappa shape index (κ2) is 6.93. The van der Waals surface area contributed by atoms with Crippen LogP contribution in [-0.2, 0) is 18.9 Å². The molecule has 5 atom stereocenters. The molecule has 1 aliphatic rings. The van der Waals surface area contributed by atoms with E-state index in [9.17, 15) is 10.2 Å². The van der Waals surface area contributed by atoms with Gasteiger partial charge in [-0.15, -0.1) is 0 Å². The van der Waals surface area contributed by atoms with Crippen LogP contribution in [0.1, 0.15) is 6.92 Å². The highest BCUT2D eigenvalue weighted by Gasteiger charge is 2.45. The van der Waals surface area contributed by atoms with E-state index in [1.54, 1.807) is 13.0 Å². The van der Waals surface area contributed by atoms with Crippen LogP contribution in [0, 0.1) is 0 Å². The molecule has 0 spiro atoms. The Kier molecular flexibility index (Phi) is 5.87. The summed E-state index contributed by atoms with van der Waals surface area (Å²) in [5, 5.41) is 19.8. The highest BCUT2D eigenvalue weighted by atomic mass is 16.7. The molecule has 1 aliphatic heterocycles. The highest BCUT2D eigenvalue weighted by Crippen LogP contribution is 2.24. The summed E-state index contributed by atoms with van der Waals surface area (Å²) in [5.74, 6) is 0. The third kappa shape index (κ3) is 3.40. The molecule has 0 amide bonds. The normalized spacial score (nSPS) is 38.5. The molecule has 5 unspecified atom stereocenters. The van der Waals surface area contributed by atoms with Crippen molar-refractivity contribution in [1.82, 2.24) is 0 Å². The first-order valence-corrected chi connectivity index (χ1v) is 5.45. The summed E-state index contributed by atoms with van der Waals surface area (Å²) in [4.78, 5) is 0. The van der Waals surface area contributed by atoms with Crippen molar-refractivity contribution >= 4 is 0 Å². The van der Waals surface area contributed by atoms with E-state index in [0.29, 0.717) is 0 Å². The first-order valence-electron chi connectivity index (χ1n) is 5.45. The summed E-state index contributed by atoms with van der Waals surface area (Å²) < 4.78 is 20.7. The van der Waals surface area contributed by atoms with Crippen LogP contribution in [-0.4, -0.2) is 61.7 Å².